The maximum Gasteiger partial charge on any atom is 0.254 e. The van der Waals surface area contributed by atoms with Crippen molar-refractivity contribution in [3.63, 3.8) is 0 Å². The molecule has 1 aromatic heterocycles. The van der Waals surface area contributed by atoms with E-state index in [1.165, 1.54) is 11.3 Å². The quantitative estimate of drug-likeness (QED) is 0.481. The number of nitrogens with two attached hydrogens (primary N) is 1. The van der Waals surface area contributed by atoms with Crippen LogP contribution in [-0.2, 0) is 11.3 Å². The summed E-state index contributed by atoms with van der Waals surface area (Å²) in [6.45, 7) is 2.30. The van der Waals surface area contributed by atoms with Gasteiger partial charge in [0.2, 0.25) is 5.91 Å². The smallest absolute Gasteiger partial charge is 0.254 e. The Morgan fingerprint density at radius 1 is 1.27 bits per heavy atom. The molecule has 1 aliphatic heterocycles. The van der Waals surface area contributed by atoms with Crippen molar-refractivity contribution in [1.82, 2.24) is 10.3 Å². The van der Waals surface area contributed by atoms with Gasteiger partial charge in [-0.05, 0) is 54.7 Å². The van der Waals surface area contributed by atoms with Crippen LogP contribution in [0, 0.1) is 12.8 Å². The monoisotopic (exact) mass is 420 g/mol. The third kappa shape index (κ3) is 3.09. The molecule has 2 heterocycles. The van der Waals surface area contributed by atoms with Gasteiger partial charge in [0, 0.05) is 23.6 Å². The molecule has 0 radical (unpaired) electrons. The minimum atomic E-state index is -0.220. The number of nitrogens with zero attached hydrogens (tertiary/aromatic N) is 1. The Morgan fingerprint density at radius 3 is 2.83 bits per heavy atom. The average Bonchev–Trinajstić information content (AvgIpc) is 3.36. The zero-order valence-electron chi connectivity index (χ0n) is 16.3. The number of anilines is 2. The van der Waals surface area contributed by atoms with E-state index < -0.39 is 0 Å². The standard InChI is InChI=1S/C22H20N4O3S/c1-10-2-5-12(27)6-13(10)14-7-15(16-8-24-21(29)18(16)19(14)23)22-25-9-17(30-22)26-20(28)11-3-4-11/h2,5-7,9,11,27H,3-4,8,23H2,1H3,(H,24,29)(H,26,28). The van der Waals surface area contributed by atoms with Crippen LogP contribution in [0.25, 0.3) is 21.7 Å². The molecule has 0 unspecified atom stereocenters. The number of phenolic OH excluding ortho intramolecular Hbond substituents is 1. The van der Waals surface area contributed by atoms with Gasteiger partial charge in [0.15, 0.2) is 0 Å². The lowest BCUT2D eigenvalue weighted by molar-refractivity contribution is -0.117. The number of amides is 2. The number of phenols is 1. The van der Waals surface area contributed by atoms with Gasteiger partial charge >= 0.3 is 0 Å². The van der Waals surface area contributed by atoms with Crippen LogP contribution in [0.4, 0.5) is 10.7 Å². The van der Waals surface area contributed by atoms with Gasteiger partial charge < -0.3 is 21.5 Å². The number of aromatic hydroxyl groups is 1. The number of aryl methyl sites for hydroxylation is 1. The molecule has 2 aromatic carbocycles. The van der Waals surface area contributed by atoms with Crippen LogP contribution >= 0.6 is 11.3 Å². The lowest BCUT2D eigenvalue weighted by atomic mass is 9.91. The van der Waals surface area contributed by atoms with E-state index in [2.05, 4.69) is 15.6 Å². The fourth-order valence-electron chi connectivity index (χ4n) is 3.78. The zero-order chi connectivity index (χ0) is 21.0. The summed E-state index contributed by atoms with van der Waals surface area (Å²) in [5.74, 6) is 0.0437. The molecule has 2 amide bonds. The predicted molar refractivity (Wildman–Crippen MR) is 116 cm³/mol. The third-order valence-electron chi connectivity index (χ3n) is 5.57. The van der Waals surface area contributed by atoms with E-state index in [0.717, 1.165) is 35.1 Å². The summed E-state index contributed by atoms with van der Waals surface area (Å²) in [7, 11) is 0. The van der Waals surface area contributed by atoms with Crippen molar-refractivity contribution in [2.45, 2.75) is 26.3 Å². The zero-order valence-corrected chi connectivity index (χ0v) is 17.1. The van der Waals surface area contributed by atoms with E-state index in [0.29, 0.717) is 33.4 Å². The van der Waals surface area contributed by atoms with Crippen molar-refractivity contribution in [2.75, 3.05) is 11.1 Å². The number of nitrogens with one attached hydrogen (secondary N) is 2. The highest BCUT2D eigenvalue weighted by Crippen LogP contribution is 2.43. The third-order valence-corrected chi connectivity index (χ3v) is 6.52. The molecule has 5 N–H and O–H groups in total. The van der Waals surface area contributed by atoms with Gasteiger partial charge in [0.05, 0.1) is 17.4 Å². The van der Waals surface area contributed by atoms with Crippen LogP contribution in [0.2, 0.25) is 0 Å². The summed E-state index contributed by atoms with van der Waals surface area (Å²) in [4.78, 5) is 29.1. The molecule has 0 spiro atoms. The van der Waals surface area contributed by atoms with Crippen molar-refractivity contribution in [1.29, 1.82) is 0 Å². The fraction of sp³-hybridized carbons (Fsp3) is 0.227. The molecular weight excluding hydrogens is 400 g/mol. The van der Waals surface area contributed by atoms with Crippen LogP contribution in [0.5, 0.6) is 5.75 Å². The van der Waals surface area contributed by atoms with Crippen LogP contribution in [0.3, 0.4) is 0 Å². The Kier molecular flexibility index (Phi) is 4.25. The highest BCUT2D eigenvalue weighted by molar-refractivity contribution is 7.19. The number of hydrogen-bond donors (Lipinski definition) is 4. The Balaban J connectivity index is 1.64. The van der Waals surface area contributed by atoms with Gasteiger partial charge in [-0.2, -0.15) is 0 Å². The molecule has 8 heteroatoms. The molecule has 152 valence electrons. The van der Waals surface area contributed by atoms with Gasteiger partial charge in [-0.1, -0.05) is 17.4 Å². The summed E-state index contributed by atoms with van der Waals surface area (Å²) in [5, 5.41) is 17.1. The van der Waals surface area contributed by atoms with E-state index in [-0.39, 0.29) is 23.5 Å². The van der Waals surface area contributed by atoms with Crippen molar-refractivity contribution in [3.05, 3.63) is 47.2 Å². The van der Waals surface area contributed by atoms with Crippen molar-refractivity contribution < 1.29 is 14.7 Å². The molecule has 3 aromatic rings. The second kappa shape index (κ2) is 6.84. The van der Waals surface area contributed by atoms with Crippen molar-refractivity contribution >= 4 is 33.8 Å². The largest absolute Gasteiger partial charge is 0.508 e. The molecule has 1 saturated carbocycles. The maximum atomic E-state index is 12.5. The van der Waals surface area contributed by atoms with E-state index in [9.17, 15) is 14.7 Å². The highest BCUT2D eigenvalue weighted by atomic mass is 32.1. The lowest BCUT2D eigenvalue weighted by Crippen LogP contribution is -2.13. The Bertz CT molecular complexity index is 1210. The molecule has 0 atom stereocenters. The molecular formula is C22H20N4O3S. The normalized spacial score (nSPS) is 15.0. The molecule has 1 aliphatic carbocycles. The molecule has 5 rings (SSSR count). The molecule has 2 aliphatic rings. The van der Waals surface area contributed by atoms with Crippen LogP contribution in [0.1, 0.15) is 34.3 Å². The first-order chi connectivity index (χ1) is 14.4. The number of thiazole rings is 1. The minimum Gasteiger partial charge on any atom is -0.508 e. The van der Waals surface area contributed by atoms with Gasteiger partial charge in [0.25, 0.3) is 5.91 Å². The van der Waals surface area contributed by atoms with Crippen LogP contribution < -0.4 is 16.4 Å². The maximum absolute atomic E-state index is 12.5. The summed E-state index contributed by atoms with van der Waals surface area (Å²) >= 11 is 1.37. The molecule has 30 heavy (non-hydrogen) atoms. The first-order valence-electron chi connectivity index (χ1n) is 9.73. The Morgan fingerprint density at radius 2 is 2.07 bits per heavy atom. The van der Waals surface area contributed by atoms with E-state index in [1.54, 1.807) is 18.3 Å². The summed E-state index contributed by atoms with van der Waals surface area (Å²) < 4.78 is 0. The van der Waals surface area contributed by atoms with Crippen LogP contribution in [0.15, 0.2) is 30.5 Å². The first-order valence-corrected chi connectivity index (χ1v) is 10.5. The number of carbonyl (C=O) groups is 2. The highest BCUT2D eigenvalue weighted by Gasteiger charge is 2.31. The first kappa shape index (κ1) is 18.6. The second-order valence-electron chi connectivity index (χ2n) is 7.71. The van der Waals surface area contributed by atoms with Crippen LogP contribution in [-0.4, -0.2) is 21.9 Å². The number of nitrogen functional groups attached to an aromatic ring is 1. The number of rotatable bonds is 4. The topological polar surface area (TPSA) is 117 Å². The van der Waals surface area contributed by atoms with Crippen molar-refractivity contribution in [3.8, 4) is 27.4 Å². The van der Waals surface area contributed by atoms with Gasteiger partial charge in [-0.3, -0.25) is 9.59 Å². The lowest BCUT2D eigenvalue weighted by Gasteiger charge is -2.15. The second-order valence-corrected chi connectivity index (χ2v) is 8.74. The summed E-state index contributed by atoms with van der Waals surface area (Å²) in [5.41, 5.74) is 11.2. The SMILES string of the molecule is Cc1ccc(O)cc1-c1cc(-c2ncc(NC(=O)C3CC3)s2)c2c(c1N)C(=O)NC2. The fourth-order valence-corrected chi connectivity index (χ4v) is 4.64. The van der Waals surface area contributed by atoms with Gasteiger partial charge in [0.1, 0.15) is 15.8 Å². The van der Waals surface area contributed by atoms with Gasteiger partial charge in [-0.25, -0.2) is 4.98 Å². The summed E-state index contributed by atoms with van der Waals surface area (Å²) in [6, 6.07) is 6.99. The molecule has 1 fully saturated rings. The number of fused-ring (bicyclic) bond motifs is 1. The Labute approximate surface area is 177 Å². The predicted octanol–water partition coefficient (Wildman–Crippen LogP) is 3.67. The average molecular weight is 420 g/mol. The minimum absolute atomic E-state index is 0.0284. The number of hydrogen-bond acceptors (Lipinski definition) is 6. The van der Waals surface area contributed by atoms with E-state index >= 15 is 0 Å². The van der Waals surface area contributed by atoms with Crippen molar-refractivity contribution in [2.24, 2.45) is 5.92 Å². The molecule has 0 saturated heterocycles. The molecule has 0 bridgehead atoms. The Hall–Kier alpha value is -3.39. The summed E-state index contributed by atoms with van der Waals surface area (Å²) in [6.07, 6.45) is 3.51. The van der Waals surface area contributed by atoms with E-state index in [4.69, 9.17) is 5.73 Å². The number of benzene rings is 2. The van der Waals surface area contributed by atoms with E-state index in [1.807, 2.05) is 19.1 Å². The number of carbonyl (C=O) groups excluding carboxylic acids is 2. The molecule has 7 nitrogen and oxygen atoms in total. The van der Waals surface area contributed by atoms with Gasteiger partial charge in [-0.15, -0.1) is 0 Å². The number of aromatic nitrogens is 1.